The average molecular weight is 398 g/mol. The molecule has 2 aromatic carbocycles. The van der Waals surface area contributed by atoms with Crippen LogP contribution in [0.2, 0.25) is 5.02 Å². The molecule has 0 aliphatic rings. The van der Waals surface area contributed by atoms with Gasteiger partial charge in [0.15, 0.2) is 0 Å². The van der Waals surface area contributed by atoms with Gasteiger partial charge in [-0.15, -0.1) is 10.2 Å². The highest BCUT2D eigenvalue weighted by molar-refractivity contribution is 6.33. The maximum atomic E-state index is 12.4. The second kappa shape index (κ2) is 8.97. The zero-order valence-corrected chi connectivity index (χ0v) is 17.0. The van der Waals surface area contributed by atoms with E-state index < -0.39 is 0 Å². The minimum absolute atomic E-state index is 0.00672. The van der Waals surface area contributed by atoms with Crippen LogP contribution in [-0.2, 0) is 17.8 Å². The number of rotatable bonds is 7. The SMILES string of the molecule is CC(C)Cc1ccc([C@H](C)NC(=O)Cn2nnc(-c3ccccc3Cl)n2)cc1. The summed E-state index contributed by atoms with van der Waals surface area (Å²) in [5, 5.41) is 15.7. The highest BCUT2D eigenvalue weighted by Crippen LogP contribution is 2.23. The number of carbonyl (C=O) groups is 1. The van der Waals surface area contributed by atoms with Gasteiger partial charge in [0.1, 0.15) is 6.54 Å². The third-order valence-corrected chi connectivity index (χ3v) is 4.68. The Labute approximate surface area is 169 Å². The molecule has 0 saturated heterocycles. The Kier molecular flexibility index (Phi) is 6.41. The summed E-state index contributed by atoms with van der Waals surface area (Å²) >= 11 is 6.15. The molecular weight excluding hydrogens is 374 g/mol. The van der Waals surface area contributed by atoms with E-state index in [-0.39, 0.29) is 18.5 Å². The van der Waals surface area contributed by atoms with Gasteiger partial charge < -0.3 is 5.32 Å². The van der Waals surface area contributed by atoms with Crippen LogP contribution >= 0.6 is 11.6 Å². The largest absolute Gasteiger partial charge is 0.348 e. The van der Waals surface area contributed by atoms with Crippen molar-refractivity contribution in [1.29, 1.82) is 0 Å². The molecule has 28 heavy (non-hydrogen) atoms. The van der Waals surface area contributed by atoms with Gasteiger partial charge in [0.2, 0.25) is 11.7 Å². The van der Waals surface area contributed by atoms with Crippen LogP contribution in [0, 0.1) is 5.92 Å². The molecule has 0 fully saturated rings. The van der Waals surface area contributed by atoms with Crippen LogP contribution in [0.4, 0.5) is 0 Å². The van der Waals surface area contributed by atoms with Gasteiger partial charge in [-0.25, -0.2) is 0 Å². The minimum Gasteiger partial charge on any atom is -0.348 e. The lowest BCUT2D eigenvalue weighted by Gasteiger charge is -2.15. The van der Waals surface area contributed by atoms with Crippen LogP contribution in [0.3, 0.4) is 0 Å². The first-order valence-electron chi connectivity index (χ1n) is 9.33. The summed E-state index contributed by atoms with van der Waals surface area (Å²) in [6, 6.07) is 15.5. The molecule has 0 radical (unpaired) electrons. The van der Waals surface area contributed by atoms with Crippen LogP contribution < -0.4 is 5.32 Å². The lowest BCUT2D eigenvalue weighted by Crippen LogP contribution is -2.30. The zero-order chi connectivity index (χ0) is 20.1. The number of nitrogens with zero attached hydrogens (tertiary/aromatic N) is 4. The van der Waals surface area contributed by atoms with E-state index >= 15 is 0 Å². The Morgan fingerprint density at radius 2 is 1.82 bits per heavy atom. The molecule has 0 aliphatic heterocycles. The molecule has 0 unspecified atom stereocenters. The quantitative estimate of drug-likeness (QED) is 0.652. The second-order valence-electron chi connectivity index (χ2n) is 7.25. The summed E-state index contributed by atoms with van der Waals surface area (Å²) in [5.41, 5.74) is 3.05. The molecule has 0 saturated carbocycles. The number of halogens is 1. The van der Waals surface area contributed by atoms with E-state index in [4.69, 9.17) is 11.6 Å². The van der Waals surface area contributed by atoms with Crippen LogP contribution in [0.25, 0.3) is 11.4 Å². The van der Waals surface area contributed by atoms with Crippen LogP contribution in [0.5, 0.6) is 0 Å². The topological polar surface area (TPSA) is 72.7 Å². The van der Waals surface area contributed by atoms with Gasteiger partial charge in [-0.2, -0.15) is 4.80 Å². The maximum Gasteiger partial charge on any atom is 0.244 e. The van der Waals surface area contributed by atoms with Crippen molar-refractivity contribution in [3.63, 3.8) is 0 Å². The summed E-state index contributed by atoms with van der Waals surface area (Å²) in [5.74, 6) is 0.836. The fraction of sp³-hybridized carbons (Fsp3) is 0.333. The number of tetrazole rings is 1. The molecule has 3 aromatic rings. The van der Waals surface area contributed by atoms with Crippen molar-refractivity contribution in [2.75, 3.05) is 0 Å². The van der Waals surface area contributed by atoms with Gasteiger partial charge in [0, 0.05) is 5.56 Å². The molecule has 1 heterocycles. The predicted octanol–water partition coefficient (Wildman–Crippen LogP) is 4.07. The maximum absolute atomic E-state index is 12.4. The summed E-state index contributed by atoms with van der Waals surface area (Å²) in [6.07, 6.45) is 1.05. The summed E-state index contributed by atoms with van der Waals surface area (Å²) in [7, 11) is 0. The van der Waals surface area contributed by atoms with Crippen LogP contribution in [-0.4, -0.2) is 26.1 Å². The third kappa shape index (κ3) is 5.16. The Balaban J connectivity index is 1.59. The molecule has 0 aliphatic carbocycles. The molecule has 1 N–H and O–H groups in total. The number of hydrogen-bond acceptors (Lipinski definition) is 4. The van der Waals surface area contributed by atoms with Crippen LogP contribution in [0.15, 0.2) is 48.5 Å². The minimum atomic E-state index is -0.179. The summed E-state index contributed by atoms with van der Waals surface area (Å²) < 4.78 is 0. The zero-order valence-electron chi connectivity index (χ0n) is 16.3. The first-order valence-corrected chi connectivity index (χ1v) is 9.71. The lowest BCUT2D eigenvalue weighted by atomic mass is 10.00. The molecule has 7 heteroatoms. The van der Waals surface area contributed by atoms with Gasteiger partial charge in [-0.1, -0.05) is 61.8 Å². The molecule has 1 amide bonds. The van der Waals surface area contributed by atoms with E-state index in [0.717, 1.165) is 12.0 Å². The first-order chi connectivity index (χ1) is 13.4. The van der Waals surface area contributed by atoms with Crippen molar-refractivity contribution >= 4 is 17.5 Å². The molecule has 1 aromatic heterocycles. The summed E-state index contributed by atoms with van der Waals surface area (Å²) in [4.78, 5) is 13.6. The molecule has 0 bridgehead atoms. The molecule has 146 valence electrons. The standard InChI is InChI=1S/C21H24ClN5O/c1-14(2)12-16-8-10-17(11-9-16)15(3)23-20(28)13-27-25-21(24-26-27)18-6-4-5-7-19(18)22/h4-11,14-15H,12-13H2,1-3H3,(H,23,28)/t15-/m0/s1. The molecular formula is C21H24ClN5O. The lowest BCUT2D eigenvalue weighted by molar-refractivity contribution is -0.122. The van der Waals surface area contributed by atoms with E-state index in [0.29, 0.717) is 22.3 Å². The predicted molar refractivity (Wildman–Crippen MR) is 110 cm³/mol. The summed E-state index contributed by atoms with van der Waals surface area (Å²) in [6.45, 7) is 6.35. The van der Waals surface area contributed by atoms with Gasteiger partial charge in [-0.05, 0) is 47.7 Å². The van der Waals surface area contributed by atoms with Crippen molar-refractivity contribution < 1.29 is 4.79 Å². The van der Waals surface area contributed by atoms with E-state index in [1.165, 1.54) is 10.4 Å². The molecule has 1 atom stereocenters. The fourth-order valence-corrected chi connectivity index (χ4v) is 3.19. The number of hydrogen-bond donors (Lipinski definition) is 1. The molecule has 3 rings (SSSR count). The smallest absolute Gasteiger partial charge is 0.244 e. The number of amides is 1. The van der Waals surface area contributed by atoms with Crippen molar-refractivity contribution in [2.24, 2.45) is 5.92 Å². The Morgan fingerprint density at radius 1 is 1.11 bits per heavy atom. The monoisotopic (exact) mass is 397 g/mol. The van der Waals surface area contributed by atoms with Crippen molar-refractivity contribution in [1.82, 2.24) is 25.5 Å². The van der Waals surface area contributed by atoms with Gasteiger partial charge in [-0.3, -0.25) is 4.79 Å². The Bertz CT molecular complexity index is 936. The van der Waals surface area contributed by atoms with Crippen molar-refractivity contribution in [3.05, 3.63) is 64.7 Å². The van der Waals surface area contributed by atoms with Gasteiger partial charge >= 0.3 is 0 Å². The van der Waals surface area contributed by atoms with Crippen LogP contribution in [0.1, 0.15) is 37.9 Å². The second-order valence-corrected chi connectivity index (χ2v) is 7.66. The van der Waals surface area contributed by atoms with Gasteiger partial charge in [0.05, 0.1) is 11.1 Å². The Hall–Kier alpha value is -2.73. The highest BCUT2D eigenvalue weighted by Gasteiger charge is 2.14. The Morgan fingerprint density at radius 3 is 2.50 bits per heavy atom. The number of carbonyl (C=O) groups excluding carboxylic acids is 1. The average Bonchev–Trinajstić information content (AvgIpc) is 3.10. The first kappa shape index (κ1) is 20.0. The van der Waals surface area contributed by atoms with Gasteiger partial charge in [0.25, 0.3) is 0 Å². The third-order valence-electron chi connectivity index (χ3n) is 4.35. The normalized spacial score (nSPS) is 12.2. The number of nitrogens with one attached hydrogen (secondary N) is 1. The molecule has 6 nitrogen and oxygen atoms in total. The van der Waals surface area contributed by atoms with E-state index in [1.54, 1.807) is 6.07 Å². The number of benzene rings is 2. The van der Waals surface area contributed by atoms with E-state index in [1.807, 2.05) is 25.1 Å². The van der Waals surface area contributed by atoms with Crippen molar-refractivity contribution in [2.45, 2.75) is 39.8 Å². The fourth-order valence-electron chi connectivity index (χ4n) is 2.97. The van der Waals surface area contributed by atoms with E-state index in [2.05, 4.69) is 58.8 Å². The van der Waals surface area contributed by atoms with Crippen molar-refractivity contribution in [3.8, 4) is 11.4 Å². The highest BCUT2D eigenvalue weighted by atomic mass is 35.5. The molecule has 0 spiro atoms. The van der Waals surface area contributed by atoms with E-state index in [9.17, 15) is 4.79 Å². The number of aromatic nitrogens is 4.